The highest BCUT2D eigenvalue weighted by molar-refractivity contribution is 7.89. The number of benzene rings is 3. The van der Waals surface area contributed by atoms with Crippen molar-refractivity contribution >= 4 is 16.0 Å². The minimum Gasteiger partial charge on any atom is -0.480 e. The van der Waals surface area contributed by atoms with Gasteiger partial charge in [-0.1, -0.05) is 63.2 Å². The Labute approximate surface area is 261 Å². The maximum Gasteiger partial charge on any atom is 0.322 e. The lowest BCUT2D eigenvalue weighted by molar-refractivity contribution is -0.141. The van der Waals surface area contributed by atoms with E-state index < -0.39 is 22.0 Å². The molecule has 4 rings (SSSR count). The second kappa shape index (κ2) is 14.2. The molecule has 1 N–H and O–H groups in total. The summed E-state index contributed by atoms with van der Waals surface area (Å²) in [5.41, 5.74) is 2.79. The fourth-order valence-corrected chi connectivity index (χ4v) is 7.43. The lowest BCUT2D eigenvalue weighted by atomic mass is 9.87. The summed E-state index contributed by atoms with van der Waals surface area (Å²) >= 11 is 0. The summed E-state index contributed by atoms with van der Waals surface area (Å²) in [5.74, 6) is -0.363. The van der Waals surface area contributed by atoms with Gasteiger partial charge in [0, 0.05) is 37.8 Å². The van der Waals surface area contributed by atoms with Crippen LogP contribution in [0.5, 0.6) is 11.5 Å². The van der Waals surface area contributed by atoms with Crippen LogP contribution in [0.25, 0.3) is 0 Å². The molecule has 2 atom stereocenters. The quantitative estimate of drug-likeness (QED) is 0.250. The monoisotopic (exact) mass is 625 g/mol. The van der Waals surface area contributed by atoms with Crippen molar-refractivity contribution in [2.75, 3.05) is 26.4 Å². The highest BCUT2D eigenvalue weighted by Crippen LogP contribution is 2.31. The van der Waals surface area contributed by atoms with Gasteiger partial charge in [-0.3, -0.25) is 9.69 Å². The third kappa shape index (κ3) is 9.34. The van der Waals surface area contributed by atoms with Gasteiger partial charge in [0.1, 0.15) is 23.4 Å². The summed E-state index contributed by atoms with van der Waals surface area (Å²) < 4.78 is 46.2. The van der Waals surface area contributed by atoms with Crippen molar-refractivity contribution < 1.29 is 27.4 Å². The molecule has 238 valence electrons. The zero-order valence-corrected chi connectivity index (χ0v) is 27.1. The van der Waals surface area contributed by atoms with Crippen molar-refractivity contribution in [1.29, 1.82) is 0 Å². The predicted molar refractivity (Wildman–Crippen MR) is 170 cm³/mol. The van der Waals surface area contributed by atoms with Crippen LogP contribution in [0.3, 0.4) is 0 Å². The SMILES string of the molecule is CN(C)C[C@H](CC(C)(C)C)N(Cc1cccc(CN2[C@H](C(=O)O)CCS2(=O)=O)c1)Cc1ccccc1Oc1ccc(F)cc1. The summed E-state index contributed by atoms with van der Waals surface area (Å²) in [5, 5.41) is 9.62. The van der Waals surface area contributed by atoms with Gasteiger partial charge in [-0.15, -0.1) is 0 Å². The van der Waals surface area contributed by atoms with Gasteiger partial charge in [0.15, 0.2) is 0 Å². The van der Waals surface area contributed by atoms with Crippen LogP contribution in [-0.4, -0.2) is 72.1 Å². The summed E-state index contributed by atoms with van der Waals surface area (Å²) in [6, 6.07) is 20.7. The van der Waals surface area contributed by atoms with E-state index in [9.17, 15) is 22.7 Å². The van der Waals surface area contributed by atoms with E-state index in [1.807, 2.05) is 48.5 Å². The molecule has 1 fully saturated rings. The summed E-state index contributed by atoms with van der Waals surface area (Å²) in [4.78, 5) is 16.4. The molecule has 8 nitrogen and oxygen atoms in total. The molecule has 1 aliphatic heterocycles. The highest BCUT2D eigenvalue weighted by atomic mass is 32.2. The third-order valence-corrected chi connectivity index (χ3v) is 9.53. The second-order valence-electron chi connectivity index (χ2n) is 13.1. The summed E-state index contributed by atoms with van der Waals surface area (Å²) in [7, 11) is 0.495. The van der Waals surface area contributed by atoms with E-state index in [-0.39, 0.29) is 36.0 Å². The largest absolute Gasteiger partial charge is 0.480 e. The Morgan fingerprint density at radius 2 is 1.70 bits per heavy atom. The first kappa shape index (κ1) is 33.6. The molecule has 0 bridgehead atoms. The molecule has 0 amide bonds. The zero-order chi connectivity index (χ0) is 32.1. The molecule has 3 aromatic carbocycles. The van der Waals surface area contributed by atoms with Crippen LogP contribution in [0.4, 0.5) is 4.39 Å². The third-order valence-electron chi connectivity index (χ3n) is 7.68. The maximum atomic E-state index is 13.5. The molecule has 0 spiro atoms. The Kier molecular flexibility index (Phi) is 10.8. The highest BCUT2D eigenvalue weighted by Gasteiger charge is 2.41. The van der Waals surface area contributed by atoms with Crippen molar-refractivity contribution in [3.63, 3.8) is 0 Å². The number of carboxylic acid groups (broad SMARTS) is 1. The van der Waals surface area contributed by atoms with Crippen LogP contribution in [-0.2, 0) is 34.5 Å². The Bertz CT molecular complexity index is 1520. The average molecular weight is 626 g/mol. The van der Waals surface area contributed by atoms with E-state index in [0.29, 0.717) is 24.6 Å². The van der Waals surface area contributed by atoms with Crippen LogP contribution in [0.1, 0.15) is 50.3 Å². The number of hydrogen-bond acceptors (Lipinski definition) is 6. The fraction of sp³-hybridized carbons (Fsp3) is 0.441. The van der Waals surface area contributed by atoms with E-state index in [0.717, 1.165) is 34.0 Å². The molecular weight excluding hydrogens is 581 g/mol. The number of carboxylic acids is 1. The van der Waals surface area contributed by atoms with Gasteiger partial charge in [-0.2, -0.15) is 4.31 Å². The van der Waals surface area contributed by atoms with E-state index in [1.165, 1.54) is 12.1 Å². The van der Waals surface area contributed by atoms with Crippen molar-refractivity contribution in [2.24, 2.45) is 5.41 Å². The van der Waals surface area contributed by atoms with Crippen molar-refractivity contribution in [2.45, 2.75) is 65.3 Å². The van der Waals surface area contributed by atoms with Gasteiger partial charge in [-0.25, -0.2) is 12.8 Å². The molecule has 0 saturated carbocycles. The molecule has 1 heterocycles. The van der Waals surface area contributed by atoms with Crippen molar-refractivity contribution in [3.05, 3.63) is 95.3 Å². The Morgan fingerprint density at radius 1 is 1.02 bits per heavy atom. The Hall–Kier alpha value is -3.31. The van der Waals surface area contributed by atoms with Gasteiger partial charge in [0.2, 0.25) is 10.0 Å². The predicted octanol–water partition coefficient (Wildman–Crippen LogP) is 5.98. The molecule has 0 unspecified atom stereocenters. The van der Waals surface area contributed by atoms with Gasteiger partial charge in [0.25, 0.3) is 0 Å². The topological polar surface area (TPSA) is 90.4 Å². The minimum absolute atomic E-state index is 0.0185. The van der Waals surface area contributed by atoms with Gasteiger partial charge in [0.05, 0.1) is 5.75 Å². The normalized spacial score (nSPS) is 17.7. The molecule has 44 heavy (non-hydrogen) atoms. The van der Waals surface area contributed by atoms with E-state index >= 15 is 0 Å². The molecule has 1 aliphatic rings. The number of rotatable bonds is 13. The Morgan fingerprint density at radius 3 is 2.36 bits per heavy atom. The minimum atomic E-state index is -3.63. The summed E-state index contributed by atoms with van der Waals surface area (Å²) in [6.45, 7) is 8.70. The lowest BCUT2D eigenvalue weighted by Gasteiger charge is -2.38. The molecule has 0 aromatic heterocycles. The van der Waals surface area contributed by atoms with Gasteiger partial charge >= 0.3 is 5.97 Å². The molecule has 1 saturated heterocycles. The van der Waals surface area contributed by atoms with Crippen LogP contribution >= 0.6 is 0 Å². The molecule has 10 heteroatoms. The molecule has 0 aliphatic carbocycles. The smallest absolute Gasteiger partial charge is 0.322 e. The van der Waals surface area contributed by atoms with Crippen molar-refractivity contribution in [3.8, 4) is 11.5 Å². The molecular formula is C34H44FN3O5S. The number of para-hydroxylation sites is 1. The maximum absolute atomic E-state index is 13.5. The summed E-state index contributed by atoms with van der Waals surface area (Å²) in [6.07, 6.45) is 1.02. The number of aliphatic carboxylic acids is 1. The number of sulfonamides is 1. The van der Waals surface area contributed by atoms with Gasteiger partial charge < -0.3 is 14.7 Å². The van der Waals surface area contributed by atoms with Crippen molar-refractivity contribution in [1.82, 2.24) is 14.1 Å². The Balaban J connectivity index is 1.65. The number of hydrogen-bond donors (Lipinski definition) is 1. The first-order chi connectivity index (χ1) is 20.7. The standard InChI is InChI=1S/C34H44FN3O5S/c1-34(2,3)20-29(24-36(4)5)37(23-27-11-6-7-12-32(27)43-30-15-13-28(35)14-16-30)21-25-9-8-10-26(19-25)22-38-31(33(39)40)17-18-44(38,41)42/h6-16,19,29,31H,17-18,20-24H2,1-5H3,(H,39,40)/t29-,31-/m0/s1. The van der Waals surface area contributed by atoms with E-state index in [4.69, 9.17) is 4.74 Å². The van der Waals surface area contributed by atoms with Crippen LogP contribution in [0.2, 0.25) is 0 Å². The number of carbonyl (C=O) groups is 1. The fourth-order valence-electron chi connectivity index (χ4n) is 5.75. The van der Waals surface area contributed by atoms with Crippen LogP contribution < -0.4 is 4.74 Å². The van der Waals surface area contributed by atoms with Crippen LogP contribution in [0, 0.1) is 11.2 Å². The first-order valence-electron chi connectivity index (χ1n) is 14.9. The second-order valence-corrected chi connectivity index (χ2v) is 15.1. The number of likely N-dealkylation sites (N-methyl/N-ethyl adjacent to an activating group) is 1. The number of ether oxygens (including phenoxy) is 1. The van der Waals surface area contributed by atoms with Crippen LogP contribution in [0.15, 0.2) is 72.8 Å². The first-order valence-corrected chi connectivity index (χ1v) is 16.5. The lowest BCUT2D eigenvalue weighted by Crippen LogP contribution is -2.43. The zero-order valence-electron chi connectivity index (χ0n) is 26.2. The number of nitrogens with zero attached hydrogens (tertiary/aromatic N) is 3. The van der Waals surface area contributed by atoms with E-state index in [2.05, 4.69) is 44.7 Å². The van der Waals surface area contributed by atoms with Gasteiger partial charge in [-0.05, 0) is 73.8 Å². The molecule has 0 radical (unpaired) electrons. The molecule has 3 aromatic rings. The van der Waals surface area contributed by atoms with E-state index in [1.54, 1.807) is 12.1 Å². The average Bonchev–Trinajstić information content (AvgIpc) is 3.23. The number of halogens is 1.